The van der Waals surface area contributed by atoms with Gasteiger partial charge in [-0.25, -0.2) is 0 Å². The highest BCUT2D eigenvalue weighted by Gasteiger charge is 2.12. The molecule has 0 bridgehead atoms. The fourth-order valence-corrected chi connectivity index (χ4v) is 3.31. The summed E-state index contributed by atoms with van der Waals surface area (Å²) in [5, 5.41) is 6.86. The van der Waals surface area contributed by atoms with Crippen molar-refractivity contribution < 1.29 is 0 Å². The average Bonchev–Trinajstić information content (AvgIpc) is 2.67. The number of piperazine rings is 1. The molecular formula is C22H39N5. The molecule has 1 unspecified atom stereocenters. The summed E-state index contributed by atoms with van der Waals surface area (Å²) in [6, 6.07) is 8.79. The lowest BCUT2D eigenvalue weighted by Crippen LogP contribution is -2.44. The van der Waals surface area contributed by atoms with E-state index in [0.717, 1.165) is 25.6 Å². The van der Waals surface area contributed by atoms with Gasteiger partial charge in [-0.05, 0) is 45.8 Å². The number of rotatable bonds is 9. The van der Waals surface area contributed by atoms with Crippen LogP contribution in [0.5, 0.6) is 0 Å². The van der Waals surface area contributed by atoms with Crippen LogP contribution in [0.25, 0.3) is 0 Å². The molecule has 1 saturated heterocycles. The maximum Gasteiger partial charge on any atom is 0.191 e. The summed E-state index contributed by atoms with van der Waals surface area (Å²) in [6.45, 7) is 15.2. The van der Waals surface area contributed by atoms with Gasteiger partial charge in [-0.2, -0.15) is 0 Å². The summed E-state index contributed by atoms with van der Waals surface area (Å²) in [5.74, 6) is 1.37. The highest BCUT2D eigenvalue weighted by Crippen LogP contribution is 2.15. The highest BCUT2D eigenvalue weighted by atomic mass is 15.2. The summed E-state index contributed by atoms with van der Waals surface area (Å²) in [7, 11) is 2.21. The topological polar surface area (TPSA) is 42.9 Å². The first-order valence-corrected chi connectivity index (χ1v) is 10.6. The Bertz CT molecular complexity index is 546. The van der Waals surface area contributed by atoms with Crippen LogP contribution in [-0.4, -0.2) is 75.2 Å². The number of hydrogen-bond acceptors (Lipinski definition) is 3. The van der Waals surface area contributed by atoms with Crippen molar-refractivity contribution in [3.05, 3.63) is 35.4 Å². The summed E-state index contributed by atoms with van der Waals surface area (Å²) < 4.78 is 0. The molecule has 152 valence electrons. The third kappa shape index (κ3) is 8.31. The van der Waals surface area contributed by atoms with E-state index in [1.165, 1.54) is 56.7 Å². The zero-order chi connectivity index (χ0) is 19.5. The number of guanidine groups is 1. The molecule has 27 heavy (non-hydrogen) atoms. The fraction of sp³-hybridized carbons (Fsp3) is 0.682. The first-order valence-electron chi connectivity index (χ1n) is 10.6. The molecule has 2 N–H and O–H groups in total. The van der Waals surface area contributed by atoms with Crippen LogP contribution in [0.4, 0.5) is 0 Å². The molecular weight excluding hydrogens is 334 g/mol. The van der Waals surface area contributed by atoms with Gasteiger partial charge < -0.3 is 20.4 Å². The van der Waals surface area contributed by atoms with Gasteiger partial charge in [0, 0.05) is 51.7 Å². The molecule has 0 aliphatic carbocycles. The second kappa shape index (κ2) is 12.0. The lowest BCUT2D eigenvalue weighted by molar-refractivity contribution is 0.152. The van der Waals surface area contributed by atoms with Crippen molar-refractivity contribution in [2.45, 2.75) is 39.5 Å². The minimum Gasteiger partial charge on any atom is -0.357 e. The van der Waals surface area contributed by atoms with E-state index in [0.29, 0.717) is 5.92 Å². The molecule has 0 saturated carbocycles. The van der Waals surface area contributed by atoms with Gasteiger partial charge in [0.2, 0.25) is 0 Å². The van der Waals surface area contributed by atoms with E-state index < -0.39 is 0 Å². The third-order valence-corrected chi connectivity index (χ3v) is 5.30. The van der Waals surface area contributed by atoms with E-state index in [1.54, 1.807) is 0 Å². The standard InChI is InChI=1S/C22H39N5/c1-5-23-22(25-18-20(3)21-10-8-19(2)9-11-21)24-12-6-7-13-27-16-14-26(4)15-17-27/h8-11,20H,5-7,12-18H2,1-4H3,(H2,23,24,25). The van der Waals surface area contributed by atoms with Gasteiger partial charge in [0.05, 0.1) is 0 Å². The van der Waals surface area contributed by atoms with E-state index in [1.807, 2.05) is 0 Å². The molecule has 5 nitrogen and oxygen atoms in total. The first-order chi connectivity index (χ1) is 13.1. The van der Waals surface area contributed by atoms with Crippen LogP contribution in [0.2, 0.25) is 0 Å². The van der Waals surface area contributed by atoms with Gasteiger partial charge >= 0.3 is 0 Å². The zero-order valence-corrected chi connectivity index (χ0v) is 17.8. The normalized spacial score (nSPS) is 17.7. The Balaban J connectivity index is 1.67. The summed E-state index contributed by atoms with van der Waals surface area (Å²) in [6.07, 6.45) is 2.43. The summed E-state index contributed by atoms with van der Waals surface area (Å²) in [5.41, 5.74) is 2.66. The van der Waals surface area contributed by atoms with Gasteiger partial charge in [-0.3, -0.25) is 4.99 Å². The van der Waals surface area contributed by atoms with Crippen molar-refractivity contribution in [2.75, 3.05) is 59.4 Å². The highest BCUT2D eigenvalue weighted by molar-refractivity contribution is 5.79. The van der Waals surface area contributed by atoms with Gasteiger partial charge in [-0.15, -0.1) is 0 Å². The average molecular weight is 374 g/mol. The maximum absolute atomic E-state index is 4.79. The van der Waals surface area contributed by atoms with Crippen LogP contribution >= 0.6 is 0 Å². The second-order valence-electron chi connectivity index (χ2n) is 7.81. The largest absolute Gasteiger partial charge is 0.357 e. The number of nitrogens with one attached hydrogen (secondary N) is 2. The number of aryl methyl sites for hydroxylation is 1. The van der Waals surface area contributed by atoms with Crippen molar-refractivity contribution in [3.63, 3.8) is 0 Å². The SMILES string of the molecule is CCNC(=NCC(C)c1ccc(C)cc1)NCCCCN1CCN(C)CC1. The molecule has 1 heterocycles. The number of unbranched alkanes of at least 4 members (excludes halogenated alkanes) is 1. The Morgan fingerprint density at radius 1 is 1.07 bits per heavy atom. The third-order valence-electron chi connectivity index (χ3n) is 5.30. The van der Waals surface area contributed by atoms with E-state index in [9.17, 15) is 0 Å². The van der Waals surface area contributed by atoms with Crippen molar-refractivity contribution in [1.29, 1.82) is 0 Å². The predicted octanol–water partition coefficient (Wildman–Crippen LogP) is 2.68. The number of likely N-dealkylation sites (N-methyl/N-ethyl adjacent to an activating group) is 1. The molecule has 1 aliphatic heterocycles. The second-order valence-corrected chi connectivity index (χ2v) is 7.81. The van der Waals surface area contributed by atoms with Crippen molar-refractivity contribution >= 4 is 5.96 Å². The minimum absolute atomic E-state index is 0.429. The number of nitrogens with zero attached hydrogens (tertiary/aromatic N) is 3. The van der Waals surface area contributed by atoms with Crippen LogP contribution < -0.4 is 10.6 Å². The van der Waals surface area contributed by atoms with Crippen LogP contribution in [0.1, 0.15) is 43.7 Å². The van der Waals surface area contributed by atoms with E-state index in [-0.39, 0.29) is 0 Å². The molecule has 0 amide bonds. The minimum atomic E-state index is 0.429. The molecule has 1 aromatic carbocycles. The summed E-state index contributed by atoms with van der Waals surface area (Å²) >= 11 is 0. The van der Waals surface area contributed by atoms with Crippen molar-refractivity contribution in [3.8, 4) is 0 Å². The Labute approximate surface area is 166 Å². The molecule has 1 fully saturated rings. The molecule has 1 aliphatic rings. The monoisotopic (exact) mass is 373 g/mol. The zero-order valence-electron chi connectivity index (χ0n) is 17.8. The Hall–Kier alpha value is -1.59. The molecule has 1 aromatic rings. The van der Waals surface area contributed by atoms with Crippen molar-refractivity contribution in [1.82, 2.24) is 20.4 Å². The Morgan fingerprint density at radius 2 is 1.78 bits per heavy atom. The van der Waals surface area contributed by atoms with E-state index in [2.05, 4.69) is 72.5 Å². The van der Waals surface area contributed by atoms with Gasteiger partial charge in [0.1, 0.15) is 0 Å². The quantitative estimate of drug-likeness (QED) is 0.397. The van der Waals surface area contributed by atoms with Gasteiger partial charge in [-0.1, -0.05) is 36.8 Å². The molecule has 5 heteroatoms. The van der Waals surface area contributed by atoms with Crippen LogP contribution in [0.3, 0.4) is 0 Å². The van der Waals surface area contributed by atoms with E-state index >= 15 is 0 Å². The van der Waals surface area contributed by atoms with Crippen LogP contribution in [0, 0.1) is 6.92 Å². The lowest BCUT2D eigenvalue weighted by Gasteiger charge is -2.32. The molecule has 1 atom stereocenters. The van der Waals surface area contributed by atoms with Crippen LogP contribution in [-0.2, 0) is 0 Å². The molecule has 2 rings (SSSR count). The fourth-order valence-electron chi connectivity index (χ4n) is 3.31. The molecule has 0 aromatic heterocycles. The Kier molecular flexibility index (Phi) is 9.64. The van der Waals surface area contributed by atoms with Crippen LogP contribution in [0.15, 0.2) is 29.3 Å². The van der Waals surface area contributed by atoms with Gasteiger partial charge in [0.25, 0.3) is 0 Å². The summed E-state index contributed by atoms with van der Waals surface area (Å²) in [4.78, 5) is 9.78. The Morgan fingerprint density at radius 3 is 2.44 bits per heavy atom. The van der Waals surface area contributed by atoms with Gasteiger partial charge in [0.15, 0.2) is 5.96 Å². The number of hydrogen-bond donors (Lipinski definition) is 2. The molecule has 0 radical (unpaired) electrons. The maximum atomic E-state index is 4.79. The lowest BCUT2D eigenvalue weighted by atomic mass is 10.0. The van der Waals surface area contributed by atoms with Crippen molar-refractivity contribution in [2.24, 2.45) is 4.99 Å². The molecule has 0 spiro atoms. The number of benzene rings is 1. The number of aliphatic imine (C=N–C) groups is 1. The predicted molar refractivity (Wildman–Crippen MR) is 117 cm³/mol. The first kappa shape index (κ1) is 21.7. The van der Waals surface area contributed by atoms with E-state index in [4.69, 9.17) is 4.99 Å². The smallest absolute Gasteiger partial charge is 0.191 e.